The molecule has 0 aromatic heterocycles. The van der Waals surface area contributed by atoms with E-state index in [0.29, 0.717) is 30.6 Å². The van der Waals surface area contributed by atoms with Crippen LogP contribution >= 0.6 is 0 Å². The van der Waals surface area contributed by atoms with Gasteiger partial charge in [-0.15, -0.1) is 0 Å². The maximum atomic E-state index is 14.4. The molecule has 190 valence electrons. The van der Waals surface area contributed by atoms with E-state index in [2.05, 4.69) is 47.6 Å². The molecule has 4 heteroatoms. The third-order valence-electron chi connectivity index (χ3n) is 13.3. The van der Waals surface area contributed by atoms with E-state index in [-0.39, 0.29) is 28.4 Å². The molecule has 0 aromatic rings. The Morgan fingerprint density at radius 3 is 2.21 bits per heavy atom. The Labute approximate surface area is 206 Å². The third kappa shape index (κ3) is 2.65. The van der Waals surface area contributed by atoms with Crippen molar-refractivity contribution in [3.63, 3.8) is 0 Å². The molecule has 11 unspecified atom stereocenters. The van der Waals surface area contributed by atoms with Crippen LogP contribution in [0.5, 0.6) is 0 Å². The normalized spacial score (nSPS) is 56.9. The van der Waals surface area contributed by atoms with Gasteiger partial charge in [-0.2, -0.15) is 0 Å². The largest absolute Gasteiger partial charge is 0.481 e. The van der Waals surface area contributed by atoms with Crippen molar-refractivity contribution < 1.29 is 19.8 Å². The predicted molar refractivity (Wildman–Crippen MR) is 133 cm³/mol. The molecule has 0 heterocycles. The average Bonchev–Trinajstić information content (AvgIpc) is 2.77. The number of allylic oxidation sites excluding steroid dienone is 2. The maximum Gasteiger partial charge on any atom is 0.312 e. The number of carbonyl (C=O) groups is 2. The summed E-state index contributed by atoms with van der Waals surface area (Å²) in [5, 5.41) is 21.1. The zero-order valence-corrected chi connectivity index (χ0v) is 22.4. The molecule has 4 saturated carbocycles. The number of aliphatic hydroxyl groups excluding tert-OH is 1. The standard InChI is InChI=1S/C30H46O4/c1-17-10-12-26(3)14-15-27(4)19(24(26)18(17)2)16-23(32)30(7)20(27)8-9-21-28(30,5)13-11-22(31)29(21,6)25(33)34/h16-18,20-22,24,31H,8-15H2,1-7H3,(H,33,34). The quantitative estimate of drug-likeness (QED) is 0.474. The maximum absolute atomic E-state index is 14.4. The van der Waals surface area contributed by atoms with Crippen molar-refractivity contribution >= 4 is 11.8 Å². The fourth-order valence-corrected chi connectivity index (χ4v) is 10.6. The summed E-state index contributed by atoms with van der Waals surface area (Å²) < 4.78 is 0. The van der Waals surface area contributed by atoms with Gasteiger partial charge in [0.1, 0.15) is 0 Å². The summed E-state index contributed by atoms with van der Waals surface area (Å²) in [6.07, 6.45) is 8.91. The third-order valence-corrected chi connectivity index (χ3v) is 13.3. The number of ketones is 1. The molecular weight excluding hydrogens is 424 g/mol. The first-order chi connectivity index (χ1) is 15.7. The van der Waals surface area contributed by atoms with Crippen LogP contribution in [0.4, 0.5) is 0 Å². The van der Waals surface area contributed by atoms with Gasteiger partial charge in [-0.25, -0.2) is 0 Å². The van der Waals surface area contributed by atoms with Crippen LogP contribution in [0.1, 0.15) is 99.8 Å². The van der Waals surface area contributed by atoms with Gasteiger partial charge in [0, 0.05) is 5.41 Å². The molecule has 0 bridgehead atoms. The van der Waals surface area contributed by atoms with Crippen LogP contribution in [0, 0.1) is 56.7 Å². The number of fused-ring (bicyclic) bond motifs is 7. The predicted octanol–water partition coefficient (Wildman–Crippen LogP) is 6.27. The summed E-state index contributed by atoms with van der Waals surface area (Å²) in [7, 11) is 0. The summed E-state index contributed by atoms with van der Waals surface area (Å²) in [5.74, 6) is 1.07. The highest BCUT2D eigenvalue weighted by molar-refractivity contribution is 5.98. The minimum atomic E-state index is -1.20. The van der Waals surface area contributed by atoms with Crippen LogP contribution in [-0.2, 0) is 9.59 Å². The Morgan fingerprint density at radius 1 is 0.912 bits per heavy atom. The number of hydrogen-bond donors (Lipinski definition) is 2. The number of rotatable bonds is 1. The van der Waals surface area contributed by atoms with Gasteiger partial charge in [0.15, 0.2) is 5.78 Å². The van der Waals surface area contributed by atoms with Gasteiger partial charge in [-0.3, -0.25) is 9.59 Å². The molecule has 5 aliphatic carbocycles. The van der Waals surface area contributed by atoms with Crippen molar-refractivity contribution in [3.8, 4) is 0 Å². The van der Waals surface area contributed by atoms with Crippen LogP contribution in [-0.4, -0.2) is 28.1 Å². The monoisotopic (exact) mass is 470 g/mol. The highest BCUT2D eigenvalue weighted by atomic mass is 16.4. The topological polar surface area (TPSA) is 74.6 Å². The van der Waals surface area contributed by atoms with Gasteiger partial charge >= 0.3 is 5.97 Å². The number of hydrogen-bond acceptors (Lipinski definition) is 3. The lowest BCUT2D eigenvalue weighted by atomic mass is 9.33. The zero-order valence-electron chi connectivity index (χ0n) is 22.4. The van der Waals surface area contributed by atoms with Crippen LogP contribution < -0.4 is 0 Å². The minimum Gasteiger partial charge on any atom is -0.481 e. The number of aliphatic carboxylic acids is 1. The van der Waals surface area contributed by atoms with E-state index in [4.69, 9.17) is 0 Å². The molecule has 5 aliphatic rings. The molecule has 0 aromatic carbocycles. The molecule has 34 heavy (non-hydrogen) atoms. The number of carboxylic acids is 1. The number of carbonyl (C=O) groups excluding carboxylic acids is 1. The van der Waals surface area contributed by atoms with Crippen LogP contribution in [0.2, 0.25) is 0 Å². The van der Waals surface area contributed by atoms with Gasteiger partial charge in [-0.1, -0.05) is 47.1 Å². The van der Waals surface area contributed by atoms with E-state index in [0.717, 1.165) is 19.3 Å². The summed E-state index contributed by atoms with van der Waals surface area (Å²) in [4.78, 5) is 26.9. The zero-order chi connectivity index (χ0) is 25.1. The van der Waals surface area contributed by atoms with Gasteiger partial charge in [0.25, 0.3) is 0 Å². The van der Waals surface area contributed by atoms with E-state index in [9.17, 15) is 19.8 Å². The molecule has 0 saturated heterocycles. The van der Waals surface area contributed by atoms with Gasteiger partial charge < -0.3 is 10.2 Å². The molecule has 0 spiro atoms. The lowest BCUT2D eigenvalue weighted by molar-refractivity contribution is -0.220. The van der Waals surface area contributed by atoms with Crippen molar-refractivity contribution in [1.82, 2.24) is 0 Å². The fourth-order valence-electron chi connectivity index (χ4n) is 10.6. The fraction of sp³-hybridized carbons (Fsp3) is 0.867. The van der Waals surface area contributed by atoms with E-state index in [1.807, 2.05) is 0 Å². The van der Waals surface area contributed by atoms with Crippen LogP contribution in [0.15, 0.2) is 11.6 Å². The van der Waals surface area contributed by atoms with Crippen molar-refractivity contribution in [3.05, 3.63) is 11.6 Å². The number of carboxylic acid groups (broad SMARTS) is 1. The first-order valence-corrected chi connectivity index (χ1v) is 13.9. The van der Waals surface area contributed by atoms with Crippen molar-refractivity contribution in [1.29, 1.82) is 0 Å². The lowest BCUT2D eigenvalue weighted by Gasteiger charge is -2.70. The summed E-state index contributed by atoms with van der Waals surface area (Å²) in [5.41, 5.74) is -0.541. The van der Waals surface area contributed by atoms with Crippen LogP contribution in [0.3, 0.4) is 0 Å². The smallest absolute Gasteiger partial charge is 0.312 e. The minimum absolute atomic E-state index is 0.0121. The lowest BCUT2D eigenvalue weighted by Crippen LogP contribution is -2.69. The van der Waals surface area contributed by atoms with Gasteiger partial charge in [0.2, 0.25) is 0 Å². The first kappa shape index (κ1) is 24.5. The molecule has 0 aliphatic heterocycles. The van der Waals surface area contributed by atoms with E-state index < -0.39 is 28.3 Å². The number of aliphatic hydroxyl groups is 1. The van der Waals surface area contributed by atoms with Gasteiger partial charge in [0.05, 0.1) is 11.5 Å². The SMILES string of the molecule is CC1CCC2(C)CCC3(C)C(=CC(=O)C4(C)C3CCC3C(C)(C(=O)O)C(O)CCC34C)C2C1C. The summed E-state index contributed by atoms with van der Waals surface area (Å²) >= 11 is 0. The van der Waals surface area contributed by atoms with Crippen molar-refractivity contribution in [2.45, 2.75) is 106 Å². The molecule has 4 nitrogen and oxygen atoms in total. The first-order valence-electron chi connectivity index (χ1n) is 13.9. The van der Waals surface area contributed by atoms with E-state index in [1.165, 1.54) is 24.8 Å². The molecule has 11 atom stereocenters. The van der Waals surface area contributed by atoms with Gasteiger partial charge in [-0.05, 0) is 110 Å². The Hall–Kier alpha value is -1.16. The summed E-state index contributed by atoms with van der Waals surface area (Å²) in [6.45, 7) is 15.8. The second-order valence-corrected chi connectivity index (χ2v) is 14.3. The molecule has 4 fully saturated rings. The Kier molecular flexibility index (Phi) is 5.20. The molecular formula is C30H46O4. The Morgan fingerprint density at radius 2 is 1.56 bits per heavy atom. The highest BCUT2D eigenvalue weighted by Gasteiger charge is 2.72. The molecule has 0 amide bonds. The molecule has 0 radical (unpaired) electrons. The molecule has 5 rings (SSSR count). The van der Waals surface area contributed by atoms with Crippen LogP contribution in [0.25, 0.3) is 0 Å². The average molecular weight is 471 g/mol. The second kappa shape index (κ2) is 7.20. The van der Waals surface area contributed by atoms with Crippen molar-refractivity contribution in [2.24, 2.45) is 56.7 Å². The summed E-state index contributed by atoms with van der Waals surface area (Å²) in [6, 6.07) is 0. The highest BCUT2D eigenvalue weighted by Crippen LogP contribution is 2.74. The Balaban J connectivity index is 1.65. The Bertz CT molecular complexity index is 953. The second-order valence-electron chi connectivity index (χ2n) is 14.3. The van der Waals surface area contributed by atoms with Crippen molar-refractivity contribution in [2.75, 3.05) is 0 Å². The van der Waals surface area contributed by atoms with E-state index in [1.54, 1.807) is 6.92 Å². The molecule has 2 N–H and O–H groups in total. The van der Waals surface area contributed by atoms with E-state index >= 15 is 0 Å².